The minimum Gasteiger partial charge on any atom is -0.326 e. The predicted molar refractivity (Wildman–Crippen MR) is 121 cm³/mol. The monoisotopic (exact) mass is 440 g/mol. The fourth-order valence-corrected chi connectivity index (χ4v) is 4.65. The van der Waals surface area contributed by atoms with Crippen molar-refractivity contribution in [1.82, 2.24) is 9.78 Å². The van der Waals surface area contributed by atoms with Crippen LogP contribution in [0.2, 0.25) is 5.02 Å². The maximum absolute atomic E-state index is 12.9. The highest BCUT2D eigenvalue weighted by Gasteiger charge is 2.29. The van der Waals surface area contributed by atoms with E-state index in [-0.39, 0.29) is 24.7 Å². The summed E-state index contributed by atoms with van der Waals surface area (Å²) in [5.41, 5.74) is 3.28. The minimum absolute atomic E-state index is 0.0708. The van der Waals surface area contributed by atoms with E-state index in [1.807, 2.05) is 41.9 Å². The third-order valence-corrected chi connectivity index (χ3v) is 6.09. The van der Waals surface area contributed by atoms with Crippen molar-refractivity contribution in [3.8, 4) is 5.69 Å². The summed E-state index contributed by atoms with van der Waals surface area (Å²) in [7, 11) is 0. The highest BCUT2D eigenvalue weighted by atomic mass is 35.5. The second-order valence-electron chi connectivity index (χ2n) is 6.94. The van der Waals surface area contributed by atoms with Gasteiger partial charge in [-0.3, -0.25) is 9.59 Å². The molecule has 1 N–H and O–H groups in total. The van der Waals surface area contributed by atoms with Crippen molar-refractivity contribution in [3.63, 3.8) is 0 Å². The van der Waals surface area contributed by atoms with Gasteiger partial charge in [0.05, 0.1) is 17.1 Å². The van der Waals surface area contributed by atoms with Crippen LogP contribution < -0.4 is 10.2 Å². The highest BCUT2D eigenvalue weighted by Crippen LogP contribution is 2.39. The highest BCUT2D eigenvalue weighted by molar-refractivity contribution is 7.99. The zero-order chi connectivity index (χ0) is 21.1. The van der Waals surface area contributed by atoms with Gasteiger partial charge in [0.25, 0.3) is 0 Å². The Morgan fingerprint density at radius 1 is 1.10 bits per heavy atom. The molecule has 0 unspecified atom stereocenters. The first-order chi connectivity index (χ1) is 14.5. The van der Waals surface area contributed by atoms with Crippen molar-refractivity contribution in [1.29, 1.82) is 0 Å². The summed E-state index contributed by atoms with van der Waals surface area (Å²) in [6.45, 7) is 2.52. The molecule has 0 aliphatic carbocycles. The quantitative estimate of drug-likeness (QED) is 0.624. The molecule has 2 heterocycles. The second kappa shape index (κ2) is 8.93. The lowest BCUT2D eigenvalue weighted by molar-refractivity contribution is -0.122. The topological polar surface area (TPSA) is 67.2 Å². The molecule has 0 saturated carbocycles. The largest absolute Gasteiger partial charge is 0.326 e. The van der Waals surface area contributed by atoms with Gasteiger partial charge in [-0.2, -0.15) is 5.10 Å². The predicted octanol–water partition coefficient (Wildman–Crippen LogP) is 4.69. The maximum Gasteiger partial charge on any atom is 0.227 e. The van der Waals surface area contributed by atoms with Crippen LogP contribution in [0.5, 0.6) is 0 Å². The first kappa shape index (κ1) is 20.5. The molecule has 4 rings (SSSR count). The van der Waals surface area contributed by atoms with Crippen molar-refractivity contribution in [3.05, 3.63) is 65.3 Å². The Bertz CT molecular complexity index is 1070. The summed E-state index contributed by atoms with van der Waals surface area (Å²) < 4.78 is 1.89. The van der Waals surface area contributed by atoms with Gasteiger partial charge in [0.15, 0.2) is 0 Å². The van der Waals surface area contributed by atoms with E-state index in [0.717, 1.165) is 27.8 Å². The lowest BCUT2D eigenvalue weighted by Crippen LogP contribution is -2.36. The van der Waals surface area contributed by atoms with Crippen LogP contribution in [-0.2, 0) is 9.59 Å². The van der Waals surface area contributed by atoms with Crippen LogP contribution in [0.4, 0.5) is 11.4 Å². The van der Waals surface area contributed by atoms with Crippen LogP contribution in [0.3, 0.4) is 0 Å². The van der Waals surface area contributed by atoms with Crippen LogP contribution >= 0.6 is 23.4 Å². The second-order valence-corrected chi connectivity index (χ2v) is 8.46. The number of nitrogens with zero attached hydrogens (tertiary/aromatic N) is 3. The van der Waals surface area contributed by atoms with E-state index in [2.05, 4.69) is 10.4 Å². The average Bonchev–Trinajstić information content (AvgIpc) is 3.11. The number of aromatic nitrogens is 2. The third-order valence-electron chi connectivity index (χ3n) is 4.81. The summed E-state index contributed by atoms with van der Waals surface area (Å²) in [6.07, 6.45) is 0.256. The molecule has 2 aromatic carbocycles. The molecule has 6 nitrogen and oxygen atoms in total. The summed E-state index contributed by atoms with van der Waals surface area (Å²) in [4.78, 5) is 27.0. The molecule has 0 radical (unpaired) electrons. The number of carbonyl (C=O) groups is 2. The number of thioether (sulfide) groups is 1. The van der Waals surface area contributed by atoms with Crippen molar-refractivity contribution >= 4 is 46.6 Å². The molecule has 1 aromatic heterocycles. The Hall–Kier alpha value is -2.77. The van der Waals surface area contributed by atoms with E-state index in [0.29, 0.717) is 17.3 Å². The van der Waals surface area contributed by atoms with Gasteiger partial charge in [-0.25, -0.2) is 4.68 Å². The Labute approximate surface area is 184 Å². The molecule has 1 aliphatic rings. The zero-order valence-corrected chi connectivity index (χ0v) is 18.0. The molecular weight excluding hydrogens is 420 g/mol. The number of benzene rings is 2. The number of hydrogen-bond donors (Lipinski definition) is 1. The molecule has 0 bridgehead atoms. The van der Waals surface area contributed by atoms with E-state index in [9.17, 15) is 9.59 Å². The molecule has 0 atom stereocenters. The lowest BCUT2D eigenvalue weighted by atomic mass is 10.2. The molecule has 0 saturated heterocycles. The minimum atomic E-state index is -0.200. The van der Waals surface area contributed by atoms with Crippen molar-refractivity contribution in [2.24, 2.45) is 0 Å². The van der Waals surface area contributed by atoms with Crippen LogP contribution in [0.15, 0.2) is 59.6 Å². The Morgan fingerprint density at radius 3 is 2.57 bits per heavy atom. The van der Waals surface area contributed by atoms with Crippen LogP contribution in [-0.4, -0.2) is 33.9 Å². The summed E-state index contributed by atoms with van der Waals surface area (Å²) in [5, 5.41) is 9.03. The molecule has 1 aliphatic heterocycles. The van der Waals surface area contributed by atoms with E-state index in [1.165, 1.54) is 0 Å². The molecular formula is C22H21ClN4O2S. The van der Waals surface area contributed by atoms with Crippen molar-refractivity contribution in [2.75, 3.05) is 22.5 Å². The van der Waals surface area contributed by atoms with Crippen LogP contribution in [0.1, 0.15) is 18.5 Å². The van der Waals surface area contributed by atoms with Gasteiger partial charge in [-0.15, -0.1) is 11.8 Å². The number of hydrogen-bond acceptors (Lipinski definition) is 4. The van der Waals surface area contributed by atoms with Gasteiger partial charge in [-0.05, 0) is 43.3 Å². The number of fused-ring (bicyclic) bond motifs is 1. The summed E-state index contributed by atoms with van der Waals surface area (Å²) in [6, 6.07) is 16.8. The zero-order valence-electron chi connectivity index (χ0n) is 16.5. The fourth-order valence-electron chi connectivity index (χ4n) is 3.39. The molecule has 8 heteroatoms. The van der Waals surface area contributed by atoms with Gasteiger partial charge in [0, 0.05) is 35.8 Å². The lowest BCUT2D eigenvalue weighted by Gasteiger charge is -2.27. The van der Waals surface area contributed by atoms with Gasteiger partial charge < -0.3 is 10.2 Å². The number of amides is 2. The Morgan fingerprint density at radius 2 is 1.83 bits per heavy atom. The van der Waals surface area contributed by atoms with Crippen molar-refractivity contribution < 1.29 is 9.59 Å². The van der Waals surface area contributed by atoms with E-state index < -0.39 is 0 Å². The summed E-state index contributed by atoms with van der Waals surface area (Å²) in [5.74, 6) is 0.515. The van der Waals surface area contributed by atoms with Gasteiger partial charge in [-0.1, -0.05) is 29.8 Å². The van der Waals surface area contributed by atoms with Gasteiger partial charge in [0.1, 0.15) is 5.03 Å². The molecule has 30 heavy (non-hydrogen) atoms. The number of rotatable bonds is 5. The maximum atomic E-state index is 12.9. The molecule has 0 fully saturated rings. The summed E-state index contributed by atoms with van der Waals surface area (Å²) >= 11 is 7.56. The average molecular weight is 441 g/mol. The number of aryl methyl sites for hydroxylation is 1. The fraction of sp³-hybridized carbons (Fsp3) is 0.227. The standard InChI is InChI=1S/C22H21ClN4O2S/c1-15-21-22(27(25-15)18-5-3-2-4-6-18)30-14-13-26(21)20(29)12-11-19(28)24-17-9-7-16(23)8-10-17/h2-10H,11-14H2,1H3,(H,24,28). The SMILES string of the molecule is Cc1nn(-c2ccccc2)c2c1N(C(=O)CCC(=O)Nc1ccc(Cl)cc1)CCS2. The van der Waals surface area contributed by atoms with Crippen molar-refractivity contribution in [2.45, 2.75) is 24.8 Å². The molecule has 0 spiro atoms. The Kier molecular flexibility index (Phi) is 6.11. The van der Waals surface area contributed by atoms with Gasteiger partial charge >= 0.3 is 0 Å². The van der Waals surface area contributed by atoms with Crippen LogP contribution in [0.25, 0.3) is 5.69 Å². The molecule has 3 aromatic rings. The van der Waals surface area contributed by atoms with E-state index in [4.69, 9.17) is 11.6 Å². The van der Waals surface area contributed by atoms with Crippen LogP contribution in [0, 0.1) is 6.92 Å². The first-order valence-corrected chi connectivity index (χ1v) is 11.0. The number of anilines is 2. The normalized spacial score (nSPS) is 13.1. The number of nitrogens with one attached hydrogen (secondary N) is 1. The first-order valence-electron chi connectivity index (χ1n) is 9.66. The van der Waals surface area contributed by atoms with E-state index in [1.54, 1.807) is 40.9 Å². The number of para-hydroxylation sites is 1. The number of carbonyl (C=O) groups excluding carboxylic acids is 2. The smallest absolute Gasteiger partial charge is 0.227 e. The third kappa shape index (κ3) is 4.37. The molecule has 2 amide bonds. The van der Waals surface area contributed by atoms with E-state index >= 15 is 0 Å². The van der Waals surface area contributed by atoms with Gasteiger partial charge in [0.2, 0.25) is 11.8 Å². The Balaban J connectivity index is 1.45. The molecule has 154 valence electrons. The number of halogens is 1.